The van der Waals surface area contributed by atoms with Gasteiger partial charge in [-0.25, -0.2) is 8.42 Å². The van der Waals surface area contributed by atoms with Gasteiger partial charge in [0.15, 0.2) is 0 Å². The molecule has 1 heterocycles. The van der Waals surface area contributed by atoms with Gasteiger partial charge in [-0.15, -0.1) is 0 Å². The SMILES string of the molecule is CC(=O)N1CCN(S(=O)(=O)c2cc([N+](=O)[O-])cc(C)c2C)CC1. The molecule has 9 heteroatoms. The molecule has 0 aromatic heterocycles. The molecule has 0 spiro atoms. The number of rotatable bonds is 3. The normalized spacial score (nSPS) is 16.4. The smallest absolute Gasteiger partial charge is 0.271 e. The first kappa shape index (κ1) is 17.4. The molecule has 1 aromatic rings. The highest BCUT2D eigenvalue weighted by atomic mass is 32.2. The summed E-state index contributed by atoms with van der Waals surface area (Å²) in [5.41, 5.74) is 0.818. The van der Waals surface area contributed by atoms with Gasteiger partial charge >= 0.3 is 0 Å². The lowest BCUT2D eigenvalue weighted by Crippen LogP contribution is -2.50. The van der Waals surface area contributed by atoms with Crippen molar-refractivity contribution in [1.82, 2.24) is 9.21 Å². The van der Waals surface area contributed by atoms with E-state index in [9.17, 15) is 23.3 Å². The van der Waals surface area contributed by atoms with Crippen molar-refractivity contribution in [3.05, 3.63) is 33.4 Å². The molecular weight excluding hydrogens is 322 g/mol. The predicted octanol–water partition coefficient (Wildman–Crippen LogP) is 1.06. The Balaban J connectivity index is 2.37. The van der Waals surface area contributed by atoms with Crippen LogP contribution in [0, 0.1) is 24.0 Å². The predicted molar refractivity (Wildman–Crippen MR) is 83.6 cm³/mol. The fraction of sp³-hybridized carbons (Fsp3) is 0.500. The first-order chi connectivity index (χ1) is 10.6. The average Bonchev–Trinajstić information content (AvgIpc) is 2.49. The standard InChI is InChI=1S/C14H19N3O5S/c1-10-8-13(17(19)20)9-14(11(10)2)23(21,22)16-6-4-15(5-7-16)12(3)18/h8-9H,4-7H2,1-3H3. The van der Waals surface area contributed by atoms with E-state index in [4.69, 9.17) is 0 Å². The van der Waals surface area contributed by atoms with Crippen LogP contribution in [0.5, 0.6) is 0 Å². The number of piperazine rings is 1. The van der Waals surface area contributed by atoms with Crippen LogP contribution in [0.2, 0.25) is 0 Å². The van der Waals surface area contributed by atoms with Crippen LogP contribution in [0.4, 0.5) is 5.69 Å². The van der Waals surface area contributed by atoms with Gasteiger partial charge in [-0.05, 0) is 25.0 Å². The molecule has 0 N–H and O–H groups in total. The highest BCUT2D eigenvalue weighted by Gasteiger charge is 2.32. The third kappa shape index (κ3) is 3.35. The second-order valence-corrected chi connectivity index (χ2v) is 7.46. The summed E-state index contributed by atoms with van der Waals surface area (Å²) in [6.45, 7) is 5.74. The Labute approximate surface area is 134 Å². The fourth-order valence-corrected chi connectivity index (χ4v) is 4.30. The Kier molecular flexibility index (Phi) is 4.71. The van der Waals surface area contributed by atoms with E-state index in [1.807, 2.05) is 0 Å². The van der Waals surface area contributed by atoms with Crippen molar-refractivity contribution >= 4 is 21.6 Å². The van der Waals surface area contributed by atoms with Gasteiger partial charge in [-0.2, -0.15) is 4.31 Å². The van der Waals surface area contributed by atoms with Crippen molar-refractivity contribution in [2.75, 3.05) is 26.2 Å². The fourth-order valence-electron chi connectivity index (χ4n) is 2.56. The molecule has 0 saturated carbocycles. The third-order valence-corrected chi connectivity index (χ3v) is 6.14. The van der Waals surface area contributed by atoms with Crippen molar-refractivity contribution < 1.29 is 18.1 Å². The topological polar surface area (TPSA) is 101 Å². The van der Waals surface area contributed by atoms with E-state index in [0.29, 0.717) is 24.2 Å². The number of aryl methyl sites for hydroxylation is 1. The van der Waals surface area contributed by atoms with Gasteiger partial charge in [-0.3, -0.25) is 14.9 Å². The Morgan fingerprint density at radius 3 is 2.22 bits per heavy atom. The van der Waals surface area contributed by atoms with Gasteiger partial charge in [0.2, 0.25) is 15.9 Å². The van der Waals surface area contributed by atoms with Crippen LogP contribution in [-0.4, -0.2) is 54.6 Å². The summed E-state index contributed by atoms with van der Waals surface area (Å²) in [7, 11) is -3.83. The highest BCUT2D eigenvalue weighted by molar-refractivity contribution is 7.89. The quantitative estimate of drug-likeness (QED) is 0.604. The molecule has 8 nitrogen and oxygen atoms in total. The van der Waals surface area contributed by atoms with Crippen LogP contribution in [-0.2, 0) is 14.8 Å². The number of nitrogens with zero attached hydrogens (tertiary/aromatic N) is 3. The van der Waals surface area contributed by atoms with E-state index in [1.165, 1.54) is 17.3 Å². The Bertz CT molecular complexity index is 752. The van der Waals surface area contributed by atoms with Crippen molar-refractivity contribution in [2.24, 2.45) is 0 Å². The van der Waals surface area contributed by atoms with Crippen LogP contribution in [0.15, 0.2) is 17.0 Å². The van der Waals surface area contributed by atoms with E-state index in [0.717, 1.165) is 6.07 Å². The summed E-state index contributed by atoms with van der Waals surface area (Å²) in [5, 5.41) is 11.0. The Hall–Kier alpha value is -2.00. The molecule has 1 aliphatic heterocycles. The maximum absolute atomic E-state index is 12.8. The molecule has 0 aliphatic carbocycles. The molecule has 0 atom stereocenters. The maximum Gasteiger partial charge on any atom is 0.271 e. The van der Waals surface area contributed by atoms with E-state index in [-0.39, 0.29) is 29.6 Å². The molecule has 0 bridgehead atoms. The van der Waals surface area contributed by atoms with E-state index < -0.39 is 14.9 Å². The second kappa shape index (κ2) is 6.25. The van der Waals surface area contributed by atoms with E-state index >= 15 is 0 Å². The van der Waals surface area contributed by atoms with Crippen LogP contribution in [0.25, 0.3) is 0 Å². The van der Waals surface area contributed by atoms with Gasteiger partial charge in [0, 0.05) is 45.2 Å². The molecule has 1 saturated heterocycles. The highest BCUT2D eigenvalue weighted by Crippen LogP contribution is 2.28. The third-order valence-electron chi connectivity index (χ3n) is 4.12. The largest absolute Gasteiger partial charge is 0.340 e. The number of sulfonamides is 1. The van der Waals surface area contributed by atoms with E-state index in [1.54, 1.807) is 18.7 Å². The average molecular weight is 341 g/mol. The molecule has 2 rings (SSSR count). The van der Waals surface area contributed by atoms with Crippen LogP contribution in [0.1, 0.15) is 18.1 Å². The number of carbonyl (C=O) groups excluding carboxylic acids is 1. The zero-order valence-electron chi connectivity index (χ0n) is 13.3. The molecule has 0 radical (unpaired) electrons. The molecule has 1 aliphatic rings. The molecule has 1 amide bonds. The van der Waals surface area contributed by atoms with Gasteiger partial charge in [0.05, 0.1) is 9.82 Å². The van der Waals surface area contributed by atoms with Crippen molar-refractivity contribution in [3.8, 4) is 0 Å². The first-order valence-corrected chi connectivity index (χ1v) is 8.60. The number of non-ortho nitro benzene ring substituents is 1. The van der Waals surface area contributed by atoms with Gasteiger partial charge in [0.25, 0.3) is 5.69 Å². The van der Waals surface area contributed by atoms with Gasteiger partial charge < -0.3 is 4.90 Å². The minimum Gasteiger partial charge on any atom is -0.340 e. The minimum atomic E-state index is -3.83. The van der Waals surface area contributed by atoms with Crippen molar-refractivity contribution in [1.29, 1.82) is 0 Å². The van der Waals surface area contributed by atoms with Crippen LogP contribution in [0.3, 0.4) is 0 Å². The monoisotopic (exact) mass is 341 g/mol. The molecule has 126 valence electrons. The number of benzene rings is 1. The summed E-state index contributed by atoms with van der Waals surface area (Å²) < 4.78 is 26.9. The van der Waals surface area contributed by atoms with Crippen LogP contribution < -0.4 is 0 Å². The summed E-state index contributed by atoms with van der Waals surface area (Å²) in [4.78, 5) is 23.3. The van der Waals surface area contributed by atoms with Crippen molar-refractivity contribution in [2.45, 2.75) is 25.7 Å². The Morgan fingerprint density at radius 2 is 1.74 bits per heavy atom. The van der Waals surface area contributed by atoms with Gasteiger partial charge in [0.1, 0.15) is 0 Å². The molecular formula is C14H19N3O5S. The number of amides is 1. The number of hydrogen-bond acceptors (Lipinski definition) is 5. The lowest BCUT2D eigenvalue weighted by molar-refractivity contribution is -0.385. The zero-order valence-corrected chi connectivity index (χ0v) is 14.1. The number of hydrogen-bond donors (Lipinski definition) is 0. The maximum atomic E-state index is 12.8. The summed E-state index contributed by atoms with van der Waals surface area (Å²) >= 11 is 0. The lowest BCUT2D eigenvalue weighted by Gasteiger charge is -2.33. The minimum absolute atomic E-state index is 0.0412. The summed E-state index contributed by atoms with van der Waals surface area (Å²) in [6, 6.07) is 2.47. The van der Waals surface area contributed by atoms with E-state index in [2.05, 4.69) is 0 Å². The molecule has 1 fully saturated rings. The number of nitro groups is 1. The summed E-state index contributed by atoms with van der Waals surface area (Å²) in [6.07, 6.45) is 0. The number of nitro benzene ring substituents is 1. The van der Waals surface area contributed by atoms with Gasteiger partial charge in [-0.1, -0.05) is 0 Å². The zero-order chi connectivity index (χ0) is 17.4. The lowest BCUT2D eigenvalue weighted by atomic mass is 10.1. The van der Waals surface area contributed by atoms with Crippen LogP contribution >= 0.6 is 0 Å². The molecule has 23 heavy (non-hydrogen) atoms. The number of carbonyl (C=O) groups is 1. The first-order valence-electron chi connectivity index (χ1n) is 7.16. The second-order valence-electron chi connectivity index (χ2n) is 5.55. The molecule has 0 unspecified atom stereocenters. The molecule has 1 aromatic carbocycles. The Morgan fingerprint density at radius 1 is 1.17 bits per heavy atom. The van der Waals surface area contributed by atoms with Crippen molar-refractivity contribution in [3.63, 3.8) is 0 Å². The summed E-state index contributed by atoms with van der Waals surface area (Å²) in [5.74, 6) is -0.0931.